The molecule has 2 heterocycles. The quantitative estimate of drug-likeness (QED) is 0.430. The third-order valence-corrected chi connectivity index (χ3v) is 5.61. The number of ether oxygens (including phenoxy) is 3. The lowest BCUT2D eigenvalue weighted by Gasteiger charge is -2.33. The summed E-state index contributed by atoms with van der Waals surface area (Å²) < 4.78 is 20.4. The number of para-hydroxylation sites is 1. The van der Waals surface area contributed by atoms with Gasteiger partial charge >= 0.3 is 0 Å². The number of benzene rings is 2. The highest BCUT2D eigenvalue weighted by Gasteiger charge is 2.28. The lowest BCUT2D eigenvalue weighted by molar-refractivity contribution is -0.223. The summed E-state index contributed by atoms with van der Waals surface area (Å²) in [5, 5.41) is 1.17. The lowest BCUT2D eigenvalue weighted by atomic mass is 10.1. The van der Waals surface area contributed by atoms with E-state index >= 15 is 0 Å². The van der Waals surface area contributed by atoms with Crippen LogP contribution in [0.1, 0.15) is 30.9 Å². The molecule has 0 saturated carbocycles. The molecule has 7 heteroatoms. The van der Waals surface area contributed by atoms with Crippen LogP contribution in [0.4, 0.5) is 0 Å². The predicted octanol–water partition coefficient (Wildman–Crippen LogP) is 5.92. The summed E-state index contributed by atoms with van der Waals surface area (Å²) >= 11 is 12.6. The van der Waals surface area contributed by atoms with Crippen molar-refractivity contribution in [3.8, 4) is 5.75 Å². The van der Waals surface area contributed by atoms with Crippen LogP contribution in [0.2, 0.25) is 10.0 Å². The standard InChI is InChI=1S/C23H24Cl2N2O3/c24-17-9-10-20(21(25)13-17)22(14-27-12-11-26-16-27)30-23-8-4-7-19(29-23)15-28-18-5-2-1-3-6-18/h1-3,5-6,9-13,16,19,22-23H,4,7-8,14-15H2. The average molecular weight is 447 g/mol. The van der Waals surface area contributed by atoms with Crippen LogP contribution in [0.3, 0.4) is 0 Å². The molecule has 30 heavy (non-hydrogen) atoms. The van der Waals surface area contributed by atoms with Crippen LogP contribution >= 0.6 is 23.2 Å². The highest BCUT2D eigenvalue weighted by atomic mass is 35.5. The van der Waals surface area contributed by atoms with Crippen LogP contribution in [0.5, 0.6) is 5.75 Å². The SMILES string of the molecule is Clc1ccc(C(Cn2ccnc2)OC2CCCC(COc3ccccc3)O2)c(Cl)c1. The Hall–Kier alpha value is -2.05. The Balaban J connectivity index is 1.42. The minimum atomic E-state index is -0.330. The smallest absolute Gasteiger partial charge is 0.159 e. The minimum absolute atomic E-state index is 0.0152. The van der Waals surface area contributed by atoms with Crippen molar-refractivity contribution >= 4 is 23.2 Å². The van der Waals surface area contributed by atoms with Crippen LogP contribution in [0.15, 0.2) is 67.3 Å². The maximum Gasteiger partial charge on any atom is 0.159 e. The van der Waals surface area contributed by atoms with Gasteiger partial charge in [0.05, 0.1) is 19.0 Å². The summed E-state index contributed by atoms with van der Waals surface area (Å²) in [6, 6.07) is 15.2. The Bertz CT molecular complexity index is 921. The number of aromatic nitrogens is 2. The van der Waals surface area contributed by atoms with Crippen LogP contribution in [-0.4, -0.2) is 28.6 Å². The second-order valence-electron chi connectivity index (χ2n) is 7.29. The number of nitrogens with zero attached hydrogens (tertiary/aromatic N) is 2. The van der Waals surface area contributed by atoms with Gasteiger partial charge in [-0.25, -0.2) is 4.98 Å². The summed E-state index contributed by atoms with van der Waals surface area (Å²) in [5.41, 5.74) is 0.876. The van der Waals surface area contributed by atoms with Crippen LogP contribution < -0.4 is 4.74 Å². The molecule has 1 aliphatic heterocycles. The molecule has 0 radical (unpaired) electrons. The van der Waals surface area contributed by atoms with E-state index in [1.807, 2.05) is 53.2 Å². The van der Waals surface area contributed by atoms with Crippen LogP contribution in [-0.2, 0) is 16.0 Å². The van der Waals surface area contributed by atoms with Gasteiger partial charge in [0.25, 0.3) is 0 Å². The number of rotatable bonds is 8. The van der Waals surface area contributed by atoms with E-state index in [0.717, 1.165) is 30.6 Å². The minimum Gasteiger partial charge on any atom is -0.491 e. The first-order valence-electron chi connectivity index (χ1n) is 10.1. The first kappa shape index (κ1) is 21.2. The molecule has 4 rings (SSSR count). The molecule has 0 amide bonds. The zero-order chi connectivity index (χ0) is 20.8. The third-order valence-electron chi connectivity index (χ3n) is 5.05. The fraction of sp³-hybridized carbons (Fsp3) is 0.348. The van der Waals surface area contributed by atoms with Crippen molar-refractivity contribution in [1.82, 2.24) is 9.55 Å². The van der Waals surface area contributed by atoms with E-state index < -0.39 is 0 Å². The van der Waals surface area contributed by atoms with E-state index in [1.165, 1.54) is 0 Å². The molecular formula is C23H24Cl2N2O3. The summed E-state index contributed by atoms with van der Waals surface area (Å²) in [7, 11) is 0. The number of hydrogen-bond donors (Lipinski definition) is 0. The Morgan fingerprint density at radius 1 is 1.13 bits per heavy atom. The topological polar surface area (TPSA) is 45.5 Å². The van der Waals surface area contributed by atoms with Gasteiger partial charge in [0, 0.05) is 28.0 Å². The third kappa shape index (κ3) is 5.76. The molecule has 0 N–H and O–H groups in total. The Kier molecular flexibility index (Phi) is 7.28. The molecule has 3 unspecified atom stereocenters. The highest BCUT2D eigenvalue weighted by Crippen LogP contribution is 2.33. The van der Waals surface area contributed by atoms with Crippen molar-refractivity contribution in [3.63, 3.8) is 0 Å². The van der Waals surface area contributed by atoms with E-state index in [1.54, 1.807) is 18.6 Å². The van der Waals surface area contributed by atoms with Crippen molar-refractivity contribution < 1.29 is 14.2 Å². The van der Waals surface area contributed by atoms with Gasteiger partial charge in [-0.1, -0.05) is 47.5 Å². The van der Waals surface area contributed by atoms with E-state index in [0.29, 0.717) is 23.2 Å². The van der Waals surface area contributed by atoms with Crippen molar-refractivity contribution in [2.75, 3.05) is 6.61 Å². The molecule has 158 valence electrons. The monoisotopic (exact) mass is 446 g/mol. The maximum atomic E-state index is 6.48. The molecule has 0 spiro atoms. The first-order chi connectivity index (χ1) is 14.7. The summed E-state index contributed by atoms with van der Waals surface area (Å²) in [6.07, 6.45) is 7.56. The Labute approximate surface area is 186 Å². The molecule has 5 nitrogen and oxygen atoms in total. The second kappa shape index (κ2) is 10.3. The van der Waals surface area contributed by atoms with Gasteiger partial charge < -0.3 is 18.8 Å². The molecule has 0 bridgehead atoms. The molecular weight excluding hydrogens is 423 g/mol. The zero-order valence-electron chi connectivity index (χ0n) is 16.5. The molecule has 2 aromatic carbocycles. The average Bonchev–Trinajstić information content (AvgIpc) is 3.26. The van der Waals surface area contributed by atoms with Crippen molar-refractivity contribution in [3.05, 3.63) is 82.9 Å². The van der Waals surface area contributed by atoms with Gasteiger partial charge in [-0.3, -0.25) is 0 Å². The van der Waals surface area contributed by atoms with Crippen molar-refractivity contribution in [1.29, 1.82) is 0 Å². The molecule has 1 aromatic heterocycles. The molecule has 3 aromatic rings. The van der Waals surface area contributed by atoms with Gasteiger partial charge in [-0.05, 0) is 43.5 Å². The van der Waals surface area contributed by atoms with Crippen LogP contribution in [0.25, 0.3) is 0 Å². The molecule has 0 aliphatic carbocycles. The van der Waals surface area contributed by atoms with Gasteiger partial charge in [-0.2, -0.15) is 0 Å². The second-order valence-corrected chi connectivity index (χ2v) is 8.14. The fourth-order valence-corrected chi connectivity index (χ4v) is 4.07. The Morgan fingerprint density at radius 2 is 2.00 bits per heavy atom. The maximum absolute atomic E-state index is 6.48. The van der Waals surface area contributed by atoms with Crippen molar-refractivity contribution in [2.45, 2.75) is 44.3 Å². The van der Waals surface area contributed by atoms with Gasteiger partial charge in [0.2, 0.25) is 0 Å². The molecule has 1 fully saturated rings. The molecule has 3 atom stereocenters. The molecule has 1 aliphatic rings. The van der Waals surface area contributed by atoms with Gasteiger partial charge in [-0.15, -0.1) is 0 Å². The number of imidazole rings is 1. The highest BCUT2D eigenvalue weighted by molar-refractivity contribution is 6.35. The van der Waals surface area contributed by atoms with Gasteiger partial charge in [0.1, 0.15) is 18.5 Å². The zero-order valence-corrected chi connectivity index (χ0v) is 18.0. The normalized spacial score (nSPS) is 20.1. The van der Waals surface area contributed by atoms with E-state index in [4.69, 9.17) is 37.4 Å². The molecule has 1 saturated heterocycles. The number of hydrogen-bond acceptors (Lipinski definition) is 4. The van der Waals surface area contributed by atoms with E-state index in [2.05, 4.69) is 4.98 Å². The Morgan fingerprint density at radius 3 is 2.77 bits per heavy atom. The largest absolute Gasteiger partial charge is 0.491 e. The van der Waals surface area contributed by atoms with E-state index in [-0.39, 0.29) is 18.5 Å². The van der Waals surface area contributed by atoms with Gasteiger partial charge in [0.15, 0.2) is 6.29 Å². The lowest BCUT2D eigenvalue weighted by Crippen LogP contribution is -2.35. The van der Waals surface area contributed by atoms with E-state index in [9.17, 15) is 0 Å². The first-order valence-corrected chi connectivity index (χ1v) is 10.8. The van der Waals surface area contributed by atoms with Crippen LogP contribution in [0, 0.1) is 0 Å². The predicted molar refractivity (Wildman–Crippen MR) is 117 cm³/mol. The summed E-state index contributed by atoms with van der Waals surface area (Å²) in [4.78, 5) is 4.12. The fourth-order valence-electron chi connectivity index (χ4n) is 3.54. The summed E-state index contributed by atoms with van der Waals surface area (Å²) in [6.45, 7) is 1.07. The van der Waals surface area contributed by atoms with Crippen molar-refractivity contribution in [2.24, 2.45) is 0 Å². The summed E-state index contributed by atoms with van der Waals surface area (Å²) in [5.74, 6) is 0.843. The number of halogens is 2.